The molecule has 13 heteroatoms. The molecular formula is C27H31FN6O6. The number of fused-ring (bicyclic) bond motifs is 1. The number of nitrogens with zero attached hydrogens (tertiary/aromatic N) is 4. The molecule has 3 aliphatic rings. The first kappa shape index (κ1) is 27.3. The van der Waals surface area contributed by atoms with Crippen LogP contribution in [0.4, 0.5) is 15.0 Å². The number of Topliss-reactive ketones (excluding diaryl/α,β-unsaturated/α-hetero) is 1. The van der Waals surface area contributed by atoms with Crippen LogP contribution in [0.25, 0.3) is 0 Å². The molecule has 2 saturated heterocycles. The summed E-state index contributed by atoms with van der Waals surface area (Å²) in [5.74, 6) is -3.05. The molecule has 0 bridgehead atoms. The Kier molecular flexibility index (Phi) is 7.32. The number of pyridine rings is 1. The molecule has 0 radical (unpaired) electrons. The van der Waals surface area contributed by atoms with Crippen LogP contribution in [0, 0.1) is 5.82 Å². The van der Waals surface area contributed by atoms with Gasteiger partial charge < -0.3 is 29.9 Å². The number of carbonyl (C=O) groups excluding carboxylic acids is 4. The molecule has 4 heterocycles. The number of urea groups is 1. The molecule has 0 saturated carbocycles. The van der Waals surface area contributed by atoms with E-state index in [1.54, 1.807) is 6.07 Å². The number of likely N-dealkylation sites (N-methyl/N-ethyl adjacent to an activating group) is 1. The molecule has 1 aromatic heterocycles. The largest absolute Gasteiger partial charge is 0.506 e. The van der Waals surface area contributed by atoms with Crippen molar-refractivity contribution in [2.24, 2.45) is 0 Å². The number of ether oxygens (including phenoxy) is 1. The minimum absolute atomic E-state index is 0.0410. The molecule has 5 rings (SSSR count). The molecule has 0 aliphatic carbocycles. The summed E-state index contributed by atoms with van der Waals surface area (Å²) in [5.41, 5.74) is -1.96. The van der Waals surface area contributed by atoms with Crippen LogP contribution >= 0.6 is 0 Å². The van der Waals surface area contributed by atoms with Crippen LogP contribution in [0.5, 0.6) is 11.5 Å². The van der Waals surface area contributed by atoms with Gasteiger partial charge in [0.05, 0.1) is 31.3 Å². The van der Waals surface area contributed by atoms with E-state index < -0.39 is 48.0 Å². The molecular weight excluding hydrogens is 523 g/mol. The second-order valence-electron chi connectivity index (χ2n) is 10.1. The normalized spacial score (nSPS) is 21.2. The van der Waals surface area contributed by atoms with Crippen molar-refractivity contribution in [2.45, 2.75) is 31.8 Å². The fraction of sp³-hybridized carbons (Fsp3) is 0.444. The van der Waals surface area contributed by atoms with E-state index in [1.165, 1.54) is 25.3 Å². The van der Waals surface area contributed by atoms with Crippen LogP contribution in [-0.2, 0) is 22.6 Å². The van der Waals surface area contributed by atoms with Gasteiger partial charge in [0.25, 0.3) is 11.8 Å². The van der Waals surface area contributed by atoms with Gasteiger partial charge in [0.1, 0.15) is 11.6 Å². The fourth-order valence-electron chi connectivity index (χ4n) is 5.46. The number of imide groups is 1. The molecule has 3 N–H and O–H groups in total. The summed E-state index contributed by atoms with van der Waals surface area (Å²) in [6.07, 6.45) is 0.443. The number of halogens is 1. The van der Waals surface area contributed by atoms with Crippen molar-refractivity contribution in [3.8, 4) is 11.5 Å². The number of hydrogen-bond donors (Lipinski definition) is 3. The smallest absolute Gasteiger partial charge is 0.322 e. The van der Waals surface area contributed by atoms with E-state index in [2.05, 4.69) is 32.3 Å². The molecule has 212 valence electrons. The summed E-state index contributed by atoms with van der Waals surface area (Å²) in [4.78, 5) is 62.2. The quantitative estimate of drug-likeness (QED) is 0.319. The van der Waals surface area contributed by atoms with Crippen molar-refractivity contribution in [2.75, 3.05) is 51.3 Å². The molecule has 1 unspecified atom stereocenters. The van der Waals surface area contributed by atoms with Gasteiger partial charge in [-0.2, -0.15) is 0 Å². The van der Waals surface area contributed by atoms with Crippen molar-refractivity contribution in [1.82, 2.24) is 25.4 Å². The van der Waals surface area contributed by atoms with Crippen LogP contribution in [0.1, 0.15) is 35.0 Å². The minimum atomic E-state index is -2.15. The van der Waals surface area contributed by atoms with Crippen LogP contribution in [0.3, 0.4) is 0 Å². The fourth-order valence-corrected chi connectivity index (χ4v) is 5.46. The van der Waals surface area contributed by atoms with Gasteiger partial charge in [0.2, 0.25) is 0 Å². The number of ketones is 1. The van der Waals surface area contributed by atoms with E-state index in [9.17, 15) is 28.7 Å². The number of methoxy groups -OCH3 is 1. The highest BCUT2D eigenvalue weighted by molar-refractivity contribution is 6.21. The predicted octanol–water partition coefficient (Wildman–Crippen LogP) is 0.813. The highest BCUT2D eigenvalue weighted by atomic mass is 19.1. The number of aromatic nitrogens is 1. The summed E-state index contributed by atoms with van der Waals surface area (Å²) in [5, 5.41) is 15.0. The van der Waals surface area contributed by atoms with E-state index in [0.29, 0.717) is 11.4 Å². The van der Waals surface area contributed by atoms with E-state index in [4.69, 9.17) is 4.74 Å². The lowest BCUT2D eigenvalue weighted by molar-refractivity contribution is -0.135. The van der Waals surface area contributed by atoms with Crippen molar-refractivity contribution >= 4 is 29.4 Å². The van der Waals surface area contributed by atoms with E-state index >= 15 is 0 Å². The maximum atomic E-state index is 14.9. The van der Waals surface area contributed by atoms with Crippen LogP contribution in [0.15, 0.2) is 24.3 Å². The Morgan fingerprint density at radius 2 is 1.95 bits per heavy atom. The number of benzene rings is 1. The number of hydrogen-bond acceptors (Lipinski definition) is 9. The Bertz CT molecular complexity index is 1390. The highest BCUT2D eigenvalue weighted by Gasteiger charge is 2.54. The van der Waals surface area contributed by atoms with E-state index in [-0.39, 0.29) is 29.3 Å². The molecule has 1 aromatic carbocycles. The van der Waals surface area contributed by atoms with Gasteiger partial charge in [-0.15, -0.1) is 0 Å². The molecule has 0 spiro atoms. The molecule has 2 aromatic rings. The number of aromatic hydroxyl groups is 1. The van der Waals surface area contributed by atoms with Crippen molar-refractivity contribution in [3.05, 3.63) is 46.9 Å². The lowest BCUT2D eigenvalue weighted by atomic mass is 9.90. The molecule has 3 aliphatic heterocycles. The lowest BCUT2D eigenvalue weighted by Gasteiger charge is -2.29. The first-order chi connectivity index (χ1) is 19.2. The van der Waals surface area contributed by atoms with Gasteiger partial charge in [0, 0.05) is 26.2 Å². The second-order valence-corrected chi connectivity index (χ2v) is 10.1. The summed E-state index contributed by atoms with van der Waals surface area (Å²) < 4.78 is 19.8. The van der Waals surface area contributed by atoms with Crippen molar-refractivity contribution in [3.63, 3.8) is 0 Å². The van der Waals surface area contributed by atoms with Crippen LogP contribution in [-0.4, -0.2) is 95.4 Å². The summed E-state index contributed by atoms with van der Waals surface area (Å²) in [6, 6.07) is 5.15. The van der Waals surface area contributed by atoms with Crippen molar-refractivity contribution < 1.29 is 33.4 Å². The Balaban J connectivity index is 1.40. The zero-order valence-corrected chi connectivity index (χ0v) is 22.3. The van der Waals surface area contributed by atoms with E-state index in [1.807, 2.05) is 0 Å². The van der Waals surface area contributed by atoms with Gasteiger partial charge in [-0.25, -0.2) is 14.2 Å². The Morgan fingerprint density at radius 3 is 2.65 bits per heavy atom. The minimum Gasteiger partial charge on any atom is -0.506 e. The predicted molar refractivity (Wildman–Crippen MR) is 141 cm³/mol. The van der Waals surface area contributed by atoms with Gasteiger partial charge in [0.15, 0.2) is 22.9 Å². The number of anilines is 1. The topological polar surface area (TPSA) is 144 Å². The highest BCUT2D eigenvalue weighted by Crippen LogP contribution is 2.33. The third-order valence-electron chi connectivity index (χ3n) is 7.74. The summed E-state index contributed by atoms with van der Waals surface area (Å²) in [6.45, 7) is 5.73. The van der Waals surface area contributed by atoms with Gasteiger partial charge in [-0.3, -0.25) is 19.7 Å². The SMILES string of the molecule is CCN1CCCN(c2ccc(O)c(CC(=O)C3(CN4Cc5ccc(OC)c(F)c5C4=O)NC(=O)NC3=O)n2)CC1. The molecule has 40 heavy (non-hydrogen) atoms. The average Bonchev–Trinajstić information content (AvgIpc) is 3.27. The average molecular weight is 555 g/mol. The maximum absolute atomic E-state index is 14.9. The second kappa shape index (κ2) is 10.7. The number of amides is 4. The summed E-state index contributed by atoms with van der Waals surface area (Å²) in [7, 11) is 1.28. The number of nitrogens with one attached hydrogen (secondary N) is 2. The maximum Gasteiger partial charge on any atom is 0.322 e. The Labute approximate surface area is 230 Å². The van der Waals surface area contributed by atoms with Crippen LogP contribution in [0.2, 0.25) is 0 Å². The van der Waals surface area contributed by atoms with Gasteiger partial charge >= 0.3 is 6.03 Å². The number of carbonyl (C=O) groups is 4. The third-order valence-corrected chi connectivity index (χ3v) is 7.74. The Morgan fingerprint density at radius 1 is 1.15 bits per heavy atom. The van der Waals surface area contributed by atoms with Gasteiger partial charge in [-0.05, 0) is 43.3 Å². The zero-order chi connectivity index (χ0) is 28.6. The van der Waals surface area contributed by atoms with Gasteiger partial charge in [-0.1, -0.05) is 13.0 Å². The summed E-state index contributed by atoms with van der Waals surface area (Å²) >= 11 is 0. The monoisotopic (exact) mass is 554 g/mol. The lowest BCUT2D eigenvalue weighted by Crippen LogP contribution is -2.61. The molecule has 12 nitrogen and oxygen atoms in total. The molecule has 1 atom stereocenters. The molecule has 4 amide bonds. The molecule has 2 fully saturated rings. The van der Waals surface area contributed by atoms with E-state index in [0.717, 1.165) is 44.0 Å². The standard InChI is InChI=1S/C27H31FN6O6/c1-3-32-9-4-10-33(12-11-32)21-8-6-18(35)17(29-21)13-20(36)27(25(38)30-26(39)31-27)15-34-14-16-5-7-19(40-2)23(28)22(16)24(34)37/h5-8,35H,3-4,9-15H2,1-2H3,(H2,30,31,38,39). The van der Waals surface area contributed by atoms with Crippen molar-refractivity contribution in [1.29, 1.82) is 0 Å². The van der Waals surface area contributed by atoms with Crippen LogP contribution < -0.4 is 20.3 Å². The first-order valence-corrected chi connectivity index (χ1v) is 13.1. The zero-order valence-electron chi connectivity index (χ0n) is 22.3. The first-order valence-electron chi connectivity index (χ1n) is 13.1. The number of rotatable bonds is 8. The Hall–Kier alpha value is -4.26. The third kappa shape index (κ3) is 4.81.